The van der Waals surface area contributed by atoms with E-state index in [2.05, 4.69) is 32.9 Å². The first-order valence-corrected chi connectivity index (χ1v) is 10.6. The van der Waals surface area contributed by atoms with Crippen molar-refractivity contribution < 1.29 is 13.2 Å². The zero-order valence-corrected chi connectivity index (χ0v) is 17.8. The lowest BCUT2D eigenvalue weighted by atomic mass is 9.96. The Bertz CT molecular complexity index is 1130. The number of aromatic nitrogens is 2. The summed E-state index contributed by atoms with van der Waals surface area (Å²) in [5.74, 6) is 1.23. The topological polar surface area (TPSA) is 56.1 Å². The van der Waals surface area contributed by atoms with Gasteiger partial charge in [0.2, 0.25) is 0 Å². The number of alkyl halides is 3. The summed E-state index contributed by atoms with van der Waals surface area (Å²) in [6.45, 7) is 3.34. The van der Waals surface area contributed by atoms with Gasteiger partial charge in [0.15, 0.2) is 0 Å². The second-order valence-electron chi connectivity index (χ2n) is 8.33. The SMILES string of the molecule is CN(Cc1cccc(C#N)c1)CC1CCN(c2nccc3nc(C(F)(F)F)ccc23)CC1. The van der Waals surface area contributed by atoms with E-state index in [1.54, 1.807) is 6.07 Å². The Morgan fingerprint density at radius 3 is 2.66 bits per heavy atom. The summed E-state index contributed by atoms with van der Waals surface area (Å²) >= 11 is 0. The van der Waals surface area contributed by atoms with Crippen molar-refractivity contribution in [1.29, 1.82) is 5.26 Å². The van der Waals surface area contributed by atoms with Crippen molar-refractivity contribution in [3.63, 3.8) is 0 Å². The summed E-state index contributed by atoms with van der Waals surface area (Å²) in [5, 5.41) is 9.71. The molecule has 166 valence electrons. The third-order valence-electron chi connectivity index (χ3n) is 5.88. The number of halogens is 3. The number of hydrogen-bond acceptors (Lipinski definition) is 5. The number of hydrogen-bond donors (Lipinski definition) is 0. The van der Waals surface area contributed by atoms with E-state index in [4.69, 9.17) is 5.26 Å². The minimum Gasteiger partial charge on any atom is -0.356 e. The number of pyridine rings is 2. The number of nitriles is 1. The normalized spacial score (nSPS) is 15.3. The molecule has 1 saturated heterocycles. The summed E-state index contributed by atoms with van der Waals surface area (Å²) in [4.78, 5) is 12.7. The van der Waals surface area contributed by atoms with E-state index in [0.29, 0.717) is 28.2 Å². The van der Waals surface area contributed by atoms with Gasteiger partial charge in [-0.3, -0.25) is 0 Å². The van der Waals surface area contributed by atoms with Gasteiger partial charge in [-0.1, -0.05) is 12.1 Å². The third-order valence-corrected chi connectivity index (χ3v) is 5.88. The first kappa shape index (κ1) is 22.0. The number of nitrogens with zero attached hydrogens (tertiary/aromatic N) is 5. The fraction of sp³-hybridized carbons (Fsp3) is 0.375. The van der Waals surface area contributed by atoms with Gasteiger partial charge in [-0.05, 0) is 61.7 Å². The smallest absolute Gasteiger partial charge is 0.356 e. The highest BCUT2D eigenvalue weighted by Gasteiger charge is 2.33. The summed E-state index contributed by atoms with van der Waals surface area (Å²) in [5.41, 5.74) is 1.22. The van der Waals surface area contributed by atoms with Crippen LogP contribution < -0.4 is 4.90 Å². The maximum atomic E-state index is 13.0. The molecule has 0 unspecified atom stereocenters. The molecule has 32 heavy (non-hydrogen) atoms. The monoisotopic (exact) mass is 439 g/mol. The molecular weight excluding hydrogens is 415 g/mol. The number of benzene rings is 1. The molecule has 1 fully saturated rings. The van der Waals surface area contributed by atoms with Gasteiger partial charge in [0, 0.05) is 37.8 Å². The van der Waals surface area contributed by atoms with Crippen LogP contribution in [0.3, 0.4) is 0 Å². The molecule has 3 aromatic rings. The Kier molecular flexibility index (Phi) is 6.28. The summed E-state index contributed by atoms with van der Waals surface area (Å²) in [6, 6.07) is 13.9. The van der Waals surface area contributed by atoms with E-state index in [0.717, 1.165) is 50.7 Å². The molecule has 8 heteroatoms. The highest BCUT2D eigenvalue weighted by atomic mass is 19.4. The molecule has 0 radical (unpaired) electrons. The van der Waals surface area contributed by atoms with Gasteiger partial charge < -0.3 is 9.80 Å². The molecular formula is C24H24F3N5. The van der Waals surface area contributed by atoms with Gasteiger partial charge in [-0.2, -0.15) is 18.4 Å². The predicted molar refractivity (Wildman–Crippen MR) is 117 cm³/mol. The van der Waals surface area contributed by atoms with Crippen molar-refractivity contribution in [2.75, 3.05) is 31.6 Å². The van der Waals surface area contributed by atoms with Gasteiger partial charge in [0.25, 0.3) is 0 Å². The molecule has 0 amide bonds. The van der Waals surface area contributed by atoms with Gasteiger partial charge in [0.1, 0.15) is 11.5 Å². The number of piperidine rings is 1. The minimum absolute atomic E-state index is 0.311. The van der Waals surface area contributed by atoms with Crippen LogP contribution in [0, 0.1) is 17.2 Å². The van der Waals surface area contributed by atoms with Gasteiger partial charge in [-0.15, -0.1) is 0 Å². The fourth-order valence-electron chi connectivity index (χ4n) is 4.33. The van der Waals surface area contributed by atoms with E-state index in [-0.39, 0.29) is 0 Å². The largest absolute Gasteiger partial charge is 0.433 e. The van der Waals surface area contributed by atoms with E-state index in [1.165, 1.54) is 18.3 Å². The predicted octanol–water partition coefficient (Wildman–Crippen LogP) is 4.87. The van der Waals surface area contributed by atoms with Crippen molar-refractivity contribution in [1.82, 2.24) is 14.9 Å². The highest BCUT2D eigenvalue weighted by molar-refractivity contribution is 5.89. The molecule has 4 rings (SSSR count). The Hall–Kier alpha value is -3.18. The molecule has 1 aliphatic heterocycles. The standard InChI is InChI=1S/C24H24F3N5/c1-31(16-19-4-2-3-18(13-19)14-28)15-17-8-11-32(12-9-17)23-20-5-6-22(24(25,26)27)30-21(20)7-10-29-23/h2-7,10,13,17H,8-9,11-12,15-16H2,1H3. The van der Waals surface area contributed by atoms with Crippen LogP contribution in [0.2, 0.25) is 0 Å². The van der Waals surface area contributed by atoms with Crippen molar-refractivity contribution in [2.24, 2.45) is 5.92 Å². The zero-order valence-electron chi connectivity index (χ0n) is 17.8. The number of fused-ring (bicyclic) bond motifs is 1. The maximum absolute atomic E-state index is 13.0. The fourth-order valence-corrected chi connectivity index (χ4v) is 4.33. The molecule has 0 spiro atoms. The average molecular weight is 439 g/mol. The molecule has 0 atom stereocenters. The summed E-state index contributed by atoms with van der Waals surface area (Å²) < 4.78 is 39.0. The van der Waals surface area contributed by atoms with Gasteiger partial charge in [0.05, 0.1) is 17.1 Å². The second-order valence-corrected chi connectivity index (χ2v) is 8.33. The van der Waals surface area contributed by atoms with Crippen molar-refractivity contribution in [3.8, 4) is 6.07 Å². The van der Waals surface area contributed by atoms with Gasteiger partial charge >= 0.3 is 6.18 Å². The van der Waals surface area contributed by atoms with E-state index >= 15 is 0 Å². The van der Waals surface area contributed by atoms with Crippen LogP contribution in [0.25, 0.3) is 10.9 Å². The second kappa shape index (κ2) is 9.13. The number of anilines is 1. The van der Waals surface area contributed by atoms with E-state index < -0.39 is 11.9 Å². The molecule has 2 aromatic heterocycles. The Labute approximate surface area is 185 Å². The van der Waals surface area contributed by atoms with Crippen molar-refractivity contribution in [2.45, 2.75) is 25.6 Å². The Balaban J connectivity index is 1.38. The zero-order chi connectivity index (χ0) is 22.7. The highest BCUT2D eigenvalue weighted by Crippen LogP contribution is 2.32. The Morgan fingerprint density at radius 1 is 1.16 bits per heavy atom. The van der Waals surface area contributed by atoms with Crippen LogP contribution in [0.4, 0.5) is 19.0 Å². The molecule has 0 aliphatic carbocycles. The lowest BCUT2D eigenvalue weighted by Gasteiger charge is -2.35. The minimum atomic E-state index is -4.46. The molecule has 3 heterocycles. The van der Waals surface area contributed by atoms with E-state index in [1.807, 2.05) is 18.2 Å². The molecule has 0 bridgehead atoms. The van der Waals surface area contributed by atoms with Crippen LogP contribution in [0.15, 0.2) is 48.7 Å². The third kappa shape index (κ3) is 5.00. The van der Waals surface area contributed by atoms with Gasteiger partial charge in [-0.25, -0.2) is 9.97 Å². The van der Waals surface area contributed by atoms with Crippen LogP contribution in [-0.4, -0.2) is 41.5 Å². The first-order chi connectivity index (χ1) is 15.3. The van der Waals surface area contributed by atoms with E-state index in [9.17, 15) is 13.2 Å². The molecule has 5 nitrogen and oxygen atoms in total. The average Bonchev–Trinajstić information content (AvgIpc) is 2.78. The lowest BCUT2D eigenvalue weighted by molar-refractivity contribution is -0.140. The van der Waals surface area contributed by atoms with Crippen LogP contribution in [0.5, 0.6) is 0 Å². The van der Waals surface area contributed by atoms with Crippen LogP contribution in [0.1, 0.15) is 29.7 Å². The van der Waals surface area contributed by atoms with Crippen molar-refractivity contribution >= 4 is 16.7 Å². The quantitative estimate of drug-likeness (QED) is 0.568. The molecule has 1 aromatic carbocycles. The molecule has 0 saturated carbocycles. The summed E-state index contributed by atoms with van der Waals surface area (Å²) in [7, 11) is 2.08. The summed E-state index contributed by atoms with van der Waals surface area (Å²) in [6.07, 6.45) is -0.971. The van der Waals surface area contributed by atoms with Crippen LogP contribution >= 0.6 is 0 Å². The molecule has 1 aliphatic rings. The maximum Gasteiger partial charge on any atom is 0.433 e. The van der Waals surface area contributed by atoms with Crippen molar-refractivity contribution in [3.05, 3.63) is 65.5 Å². The van der Waals surface area contributed by atoms with Crippen LogP contribution in [-0.2, 0) is 12.7 Å². The number of rotatable bonds is 5. The lowest BCUT2D eigenvalue weighted by Crippen LogP contribution is -2.38. The Morgan fingerprint density at radius 2 is 1.94 bits per heavy atom. The molecule has 0 N–H and O–H groups in total. The first-order valence-electron chi connectivity index (χ1n) is 10.6.